The third kappa shape index (κ3) is 2.84. The first kappa shape index (κ1) is 13.5. The molecule has 3 rings (SSSR count). The molecule has 1 heterocycles. The van der Waals surface area contributed by atoms with E-state index in [2.05, 4.69) is 5.32 Å². The highest BCUT2D eigenvalue weighted by Crippen LogP contribution is 2.29. The largest absolute Gasteiger partial charge is 0.493 e. The second-order valence-electron chi connectivity index (χ2n) is 5.25. The van der Waals surface area contributed by atoms with E-state index in [4.69, 9.17) is 4.74 Å². The second kappa shape index (κ2) is 5.48. The predicted molar refractivity (Wildman–Crippen MR) is 80.8 cm³/mol. The third-order valence-corrected chi connectivity index (χ3v) is 3.62. The van der Waals surface area contributed by atoms with Gasteiger partial charge in [0, 0.05) is 12.1 Å². The number of benzene rings is 2. The molecule has 0 radical (unpaired) electrons. The maximum Gasteiger partial charge on any atom is 0.330 e. The summed E-state index contributed by atoms with van der Waals surface area (Å²) in [5.41, 5.74) is 3.71. The fourth-order valence-corrected chi connectivity index (χ4v) is 2.58. The van der Waals surface area contributed by atoms with Crippen LogP contribution in [0.2, 0.25) is 0 Å². The minimum Gasteiger partial charge on any atom is -0.493 e. The molecule has 4 nitrogen and oxygen atoms in total. The monoisotopic (exact) mass is 283 g/mol. The Morgan fingerprint density at radius 3 is 2.90 bits per heavy atom. The van der Waals surface area contributed by atoms with Crippen LogP contribution < -0.4 is 10.1 Å². The first-order valence-electron chi connectivity index (χ1n) is 6.95. The van der Waals surface area contributed by atoms with E-state index in [1.54, 1.807) is 0 Å². The first-order chi connectivity index (χ1) is 10.1. The van der Waals surface area contributed by atoms with Crippen molar-refractivity contribution in [2.24, 2.45) is 0 Å². The summed E-state index contributed by atoms with van der Waals surface area (Å²) in [5.74, 6) is -0.0335. The number of fused-ring (bicyclic) bond motifs is 1. The fraction of sp³-hybridized carbons (Fsp3) is 0.235. The Kier molecular flexibility index (Phi) is 3.52. The van der Waals surface area contributed by atoms with Crippen molar-refractivity contribution < 1.29 is 14.6 Å². The van der Waals surface area contributed by atoms with Crippen LogP contribution >= 0.6 is 0 Å². The second-order valence-corrected chi connectivity index (χ2v) is 5.25. The molecular formula is C17H17NO3. The first-order valence-corrected chi connectivity index (χ1v) is 6.95. The Hall–Kier alpha value is -2.49. The lowest BCUT2D eigenvalue weighted by Gasteiger charge is -2.17. The zero-order valence-corrected chi connectivity index (χ0v) is 11.8. The highest BCUT2D eigenvalue weighted by atomic mass is 16.5. The van der Waals surface area contributed by atoms with Gasteiger partial charge in [0.1, 0.15) is 5.75 Å². The Bertz CT molecular complexity index is 681. The topological polar surface area (TPSA) is 58.6 Å². The molecule has 21 heavy (non-hydrogen) atoms. The maximum absolute atomic E-state index is 11.6. The van der Waals surface area contributed by atoms with E-state index >= 15 is 0 Å². The Morgan fingerprint density at radius 2 is 2.14 bits per heavy atom. The normalized spacial score (nSPS) is 14.1. The van der Waals surface area contributed by atoms with Gasteiger partial charge in [-0.3, -0.25) is 0 Å². The Balaban J connectivity index is 1.89. The molecule has 0 aromatic heterocycles. The lowest BCUT2D eigenvalue weighted by molar-refractivity contribution is -0.138. The molecule has 0 amide bonds. The SMILES string of the molecule is Cc1cccc(NC(C(=O)O)c2ccc3c(c2)CCO3)c1. The molecular weight excluding hydrogens is 266 g/mol. The van der Waals surface area contributed by atoms with Gasteiger partial charge in [0.05, 0.1) is 6.61 Å². The molecule has 1 unspecified atom stereocenters. The Labute approximate surface area is 123 Å². The number of aryl methyl sites for hydroxylation is 1. The number of hydrogen-bond acceptors (Lipinski definition) is 3. The molecule has 108 valence electrons. The third-order valence-electron chi connectivity index (χ3n) is 3.62. The predicted octanol–water partition coefficient (Wildman–Crippen LogP) is 3.17. The number of carboxylic acids is 1. The molecule has 1 atom stereocenters. The van der Waals surface area contributed by atoms with Crippen LogP contribution in [0.3, 0.4) is 0 Å². The summed E-state index contributed by atoms with van der Waals surface area (Å²) < 4.78 is 5.46. The van der Waals surface area contributed by atoms with E-state index in [-0.39, 0.29) is 0 Å². The van der Waals surface area contributed by atoms with Crippen LogP contribution in [0.15, 0.2) is 42.5 Å². The summed E-state index contributed by atoms with van der Waals surface area (Å²) in [7, 11) is 0. The van der Waals surface area contributed by atoms with Crippen LogP contribution in [0.4, 0.5) is 5.69 Å². The Morgan fingerprint density at radius 1 is 1.29 bits per heavy atom. The molecule has 0 bridgehead atoms. The van der Waals surface area contributed by atoms with Crippen molar-refractivity contribution in [3.8, 4) is 5.75 Å². The van der Waals surface area contributed by atoms with Gasteiger partial charge in [-0.1, -0.05) is 18.2 Å². The minimum atomic E-state index is -0.893. The molecule has 2 aromatic rings. The van der Waals surface area contributed by atoms with Gasteiger partial charge in [-0.2, -0.15) is 0 Å². The van der Waals surface area contributed by atoms with Crippen molar-refractivity contribution in [3.63, 3.8) is 0 Å². The van der Waals surface area contributed by atoms with E-state index < -0.39 is 12.0 Å². The van der Waals surface area contributed by atoms with Gasteiger partial charge in [0.15, 0.2) is 6.04 Å². The van der Waals surface area contributed by atoms with Crippen molar-refractivity contribution >= 4 is 11.7 Å². The quantitative estimate of drug-likeness (QED) is 0.905. The van der Waals surface area contributed by atoms with Gasteiger partial charge in [-0.15, -0.1) is 0 Å². The number of ether oxygens (including phenoxy) is 1. The maximum atomic E-state index is 11.6. The summed E-state index contributed by atoms with van der Waals surface area (Å²) in [5, 5.41) is 12.6. The van der Waals surface area contributed by atoms with Gasteiger partial charge >= 0.3 is 5.97 Å². The average Bonchev–Trinajstić information content (AvgIpc) is 2.92. The van der Waals surface area contributed by atoms with E-state index in [9.17, 15) is 9.90 Å². The lowest BCUT2D eigenvalue weighted by atomic mass is 10.0. The summed E-state index contributed by atoms with van der Waals surface area (Å²) in [6.07, 6.45) is 0.833. The van der Waals surface area contributed by atoms with E-state index in [0.717, 1.165) is 34.5 Å². The number of nitrogens with one attached hydrogen (secondary N) is 1. The number of hydrogen-bond donors (Lipinski definition) is 2. The van der Waals surface area contributed by atoms with Gasteiger partial charge < -0.3 is 15.2 Å². The van der Waals surface area contributed by atoms with Crippen LogP contribution in [0.1, 0.15) is 22.7 Å². The fourth-order valence-electron chi connectivity index (χ4n) is 2.58. The average molecular weight is 283 g/mol. The zero-order valence-electron chi connectivity index (χ0n) is 11.8. The van der Waals surface area contributed by atoms with Crippen LogP contribution in [-0.4, -0.2) is 17.7 Å². The van der Waals surface area contributed by atoms with Gasteiger partial charge in [-0.05, 0) is 47.9 Å². The van der Waals surface area contributed by atoms with Gasteiger partial charge in [-0.25, -0.2) is 4.79 Å². The molecule has 0 aliphatic carbocycles. The van der Waals surface area contributed by atoms with E-state index in [1.807, 2.05) is 49.4 Å². The number of anilines is 1. The zero-order chi connectivity index (χ0) is 14.8. The number of aliphatic carboxylic acids is 1. The molecule has 4 heteroatoms. The summed E-state index contributed by atoms with van der Waals surface area (Å²) in [4.78, 5) is 11.6. The minimum absolute atomic E-state index is 0.668. The van der Waals surface area contributed by atoms with Crippen molar-refractivity contribution in [1.29, 1.82) is 0 Å². The molecule has 2 N–H and O–H groups in total. The molecule has 1 aliphatic heterocycles. The van der Waals surface area contributed by atoms with E-state index in [0.29, 0.717) is 6.61 Å². The summed E-state index contributed by atoms with van der Waals surface area (Å²) in [6, 6.07) is 12.5. The lowest BCUT2D eigenvalue weighted by Crippen LogP contribution is -2.20. The van der Waals surface area contributed by atoms with Crippen molar-refractivity contribution in [3.05, 3.63) is 59.2 Å². The van der Waals surface area contributed by atoms with Crippen LogP contribution in [-0.2, 0) is 11.2 Å². The highest BCUT2D eigenvalue weighted by molar-refractivity contribution is 5.79. The van der Waals surface area contributed by atoms with Crippen LogP contribution in [0, 0.1) is 6.92 Å². The van der Waals surface area contributed by atoms with Crippen molar-refractivity contribution in [1.82, 2.24) is 0 Å². The van der Waals surface area contributed by atoms with Gasteiger partial charge in [0.25, 0.3) is 0 Å². The van der Waals surface area contributed by atoms with Crippen LogP contribution in [0.5, 0.6) is 5.75 Å². The molecule has 0 fully saturated rings. The number of carbonyl (C=O) groups is 1. The number of rotatable bonds is 4. The highest BCUT2D eigenvalue weighted by Gasteiger charge is 2.22. The number of carboxylic acid groups (broad SMARTS) is 1. The van der Waals surface area contributed by atoms with Crippen molar-refractivity contribution in [2.75, 3.05) is 11.9 Å². The molecule has 0 saturated heterocycles. The summed E-state index contributed by atoms with van der Waals surface area (Å²) >= 11 is 0. The standard InChI is InChI=1S/C17H17NO3/c1-11-3-2-4-14(9-11)18-16(17(19)20)13-5-6-15-12(10-13)7-8-21-15/h2-6,9-10,16,18H,7-8H2,1H3,(H,19,20). The molecule has 0 saturated carbocycles. The smallest absolute Gasteiger partial charge is 0.330 e. The van der Waals surface area contributed by atoms with Crippen molar-refractivity contribution in [2.45, 2.75) is 19.4 Å². The van der Waals surface area contributed by atoms with Crippen LogP contribution in [0.25, 0.3) is 0 Å². The summed E-state index contributed by atoms with van der Waals surface area (Å²) in [6.45, 7) is 2.65. The molecule has 0 spiro atoms. The van der Waals surface area contributed by atoms with E-state index in [1.165, 1.54) is 0 Å². The molecule has 2 aromatic carbocycles. The molecule has 1 aliphatic rings. The van der Waals surface area contributed by atoms with Gasteiger partial charge in [0.2, 0.25) is 0 Å².